The zero-order chi connectivity index (χ0) is 21.9. The highest BCUT2D eigenvalue weighted by molar-refractivity contribution is 7.92. The van der Waals surface area contributed by atoms with Gasteiger partial charge < -0.3 is 9.80 Å². The highest BCUT2D eigenvalue weighted by atomic mass is 32.2. The van der Waals surface area contributed by atoms with Crippen LogP contribution in [-0.2, 0) is 14.8 Å². The molecule has 3 rings (SSSR count). The van der Waals surface area contributed by atoms with Crippen LogP contribution in [0.1, 0.15) is 18.9 Å². The number of halogens is 1. The van der Waals surface area contributed by atoms with Gasteiger partial charge >= 0.3 is 0 Å². The maximum absolute atomic E-state index is 13.3. The lowest BCUT2D eigenvalue weighted by Crippen LogP contribution is -2.56. The van der Waals surface area contributed by atoms with E-state index in [1.54, 1.807) is 35.2 Å². The van der Waals surface area contributed by atoms with Crippen molar-refractivity contribution < 1.29 is 17.6 Å². The molecular formula is C22H28FN3O3S. The van der Waals surface area contributed by atoms with Gasteiger partial charge in [-0.3, -0.25) is 9.10 Å². The van der Waals surface area contributed by atoms with E-state index in [0.717, 1.165) is 17.5 Å². The van der Waals surface area contributed by atoms with Crippen LogP contribution in [0.4, 0.5) is 15.8 Å². The van der Waals surface area contributed by atoms with Crippen molar-refractivity contribution in [2.75, 3.05) is 41.6 Å². The third kappa shape index (κ3) is 4.92. The fraction of sp³-hybridized carbons (Fsp3) is 0.409. The monoisotopic (exact) mass is 433 g/mol. The summed E-state index contributed by atoms with van der Waals surface area (Å²) in [7, 11) is -3.65. The SMILES string of the molecule is CC[C@H](C(=O)N1CCN(c2ccc(F)cc2)CC1)N(c1cccc(C)c1)S(C)(=O)=O. The summed E-state index contributed by atoms with van der Waals surface area (Å²) in [5, 5.41) is 0. The number of sulfonamides is 1. The molecule has 2 aromatic carbocycles. The van der Waals surface area contributed by atoms with Crippen molar-refractivity contribution in [2.45, 2.75) is 26.3 Å². The number of amides is 1. The number of rotatable bonds is 6. The average Bonchev–Trinajstić information content (AvgIpc) is 2.71. The van der Waals surface area contributed by atoms with Gasteiger partial charge in [0, 0.05) is 31.9 Å². The first kappa shape index (κ1) is 22.1. The summed E-state index contributed by atoms with van der Waals surface area (Å²) in [5.74, 6) is -0.474. The summed E-state index contributed by atoms with van der Waals surface area (Å²) >= 11 is 0. The molecule has 1 saturated heterocycles. The van der Waals surface area contributed by atoms with Crippen LogP contribution in [0, 0.1) is 12.7 Å². The van der Waals surface area contributed by atoms with Crippen LogP contribution in [-0.4, -0.2) is 57.7 Å². The van der Waals surface area contributed by atoms with Gasteiger partial charge in [0.15, 0.2) is 0 Å². The Morgan fingerprint density at radius 3 is 2.27 bits per heavy atom. The Labute approximate surface area is 177 Å². The van der Waals surface area contributed by atoms with Gasteiger partial charge in [-0.25, -0.2) is 12.8 Å². The molecule has 1 atom stereocenters. The zero-order valence-electron chi connectivity index (χ0n) is 17.6. The zero-order valence-corrected chi connectivity index (χ0v) is 18.4. The number of carbonyl (C=O) groups is 1. The Kier molecular flexibility index (Phi) is 6.65. The number of nitrogens with zero attached hydrogens (tertiary/aromatic N) is 3. The predicted octanol–water partition coefficient (Wildman–Crippen LogP) is 3.03. The number of benzene rings is 2. The lowest BCUT2D eigenvalue weighted by molar-refractivity contribution is -0.132. The lowest BCUT2D eigenvalue weighted by atomic mass is 10.1. The van der Waals surface area contributed by atoms with Crippen LogP contribution < -0.4 is 9.21 Å². The first-order valence-corrected chi connectivity index (χ1v) is 11.9. The Morgan fingerprint density at radius 1 is 1.10 bits per heavy atom. The molecule has 0 radical (unpaired) electrons. The minimum absolute atomic E-state index is 0.191. The number of piperazine rings is 1. The predicted molar refractivity (Wildman–Crippen MR) is 118 cm³/mol. The summed E-state index contributed by atoms with van der Waals surface area (Å²) in [6.07, 6.45) is 1.51. The summed E-state index contributed by atoms with van der Waals surface area (Å²) in [5.41, 5.74) is 2.34. The summed E-state index contributed by atoms with van der Waals surface area (Å²) < 4.78 is 39.6. The van der Waals surface area contributed by atoms with Crippen LogP contribution in [0.15, 0.2) is 48.5 Å². The van der Waals surface area contributed by atoms with Gasteiger partial charge in [-0.05, 0) is 55.3 Å². The normalized spacial score (nSPS) is 15.7. The number of aryl methyl sites for hydroxylation is 1. The Balaban J connectivity index is 1.77. The average molecular weight is 434 g/mol. The molecule has 0 aromatic heterocycles. The van der Waals surface area contributed by atoms with E-state index in [9.17, 15) is 17.6 Å². The number of anilines is 2. The third-order valence-corrected chi connectivity index (χ3v) is 6.53. The van der Waals surface area contributed by atoms with E-state index in [1.165, 1.54) is 16.4 Å². The molecule has 1 aliphatic heterocycles. The van der Waals surface area contributed by atoms with Gasteiger partial charge in [-0.1, -0.05) is 19.1 Å². The van der Waals surface area contributed by atoms with Crippen LogP contribution in [0.3, 0.4) is 0 Å². The fourth-order valence-corrected chi connectivity index (χ4v) is 5.05. The molecule has 0 spiro atoms. The first-order valence-electron chi connectivity index (χ1n) is 10.1. The molecule has 0 unspecified atom stereocenters. The van der Waals surface area contributed by atoms with Crippen LogP contribution in [0.5, 0.6) is 0 Å². The fourth-order valence-electron chi connectivity index (χ4n) is 3.86. The van der Waals surface area contributed by atoms with Crippen molar-refractivity contribution in [1.82, 2.24) is 4.90 Å². The highest BCUT2D eigenvalue weighted by Crippen LogP contribution is 2.25. The van der Waals surface area contributed by atoms with Gasteiger partial charge in [0.25, 0.3) is 0 Å². The largest absolute Gasteiger partial charge is 0.368 e. The molecule has 1 aliphatic rings. The molecule has 8 heteroatoms. The molecule has 6 nitrogen and oxygen atoms in total. The second-order valence-corrected chi connectivity index (χ2v) is 9.47. The van der Waals surface area contributed by atoms with Gasteiger partial charge in [0.2, 0.25) is 15.9 Å². The molecule has 2 aromatic rings. The maximum Gasteiger partial charge on any atom is 0.246 e. The summed E-state index contributed by atoms with van der Waals surface area (Å²) in [6, 6.07) is 12.7. The van der Waals surface area contributed by atoms with E-state index < -0.39 is 16.1 Å². The van der Waals surface area contributed by atoms with Crippen molar-refractivity contribution in [3.8, 4) is 0 Å². The van der Waals surface area contributed by atoms with Crippen LogP contribution in [0.2, 0.25) is 0 Å². The van der Waals surface area contributed by atoms with Crippen molar-refractivity contribution >= 4 is 27.3 Å². The second kappa shape index (κ2) is 9.04. The van der Waals surface area contributed by atoms with Crippen molar-refractivity contribution in [2.24, 2.45) is 0 Å². The van der Waals surface area contributed by atoms with Gasteiger partial charge in [0.1, 0.15) is 11.9 Å². The van der Waals surface area contributed by atoms with Crippen molar-refractivity contribution in [3.63, 3.8) is 0 Å². The number of hydrogen-bond acceptors (Lipinski definition) is 4. The Hall–Kier alpha value is -2.61. The van der Waals surface area contributed by atoms with Crippen LogP contribution in [0.25, 0.3) is 0 Å². The van der Waals surface area contributed by atoms with E-state index >= 15 is 0 Å². The van der Waals surface area contributed by atoms with E-state index in [2.05, 4.69) is 4.90 Å². The molecular weight excluding hydrogens is 405 g/mol. The summed E-state index contributed by atoms with van der Waals surface area (Å²) in [4.78, 5) is 17.1. The third-order valence-electron chi connectivity index (χ3n) is 5.35. The van der Waals surface area contributed by atoms with Gasteiger partial charge in [0.05, 0.1) is 11.9 Å². The van der Waals surface area contributed by atoms with E-state index in [1.807, 2.05) is 19.9 Å². The molecule has 30 heavy (non-hydrogen) atoms. The molecule has 0 bridgehead atoms. The van der Waals surface area contributed by atoms with Gasteiger partial charge in [-0.15, -0.1) is 0 Å². The molecule has 0 aliphatic carbocycles. The minimum atomic E-state index is -3.65. The van der Waals surface area contributed by atoms with E-state index in [0.29, 0.717) is 38.3 Å². The van der Waals surface area contributed by atoms with Crippen molar-refractivity contribution in [3.05, 3.63) is 59.9 Å². The number of carbonyl (C=O) groups excluding carboxylic acids is 1. The molecule has 0 saturated carbocycles. The van der Waals surface area contributed by atoms with Crippen molar-refractivity contribution in [1.29, 1.82) is 0 Å². The summed E-state index contributed by atoms with van der Waals surface area (Å²) in [6.45, 7) is 5.90. The Morgan fingerprint density at radius 2 is 1.73 bits per heavy atom. The van der Waals surface area contributed by atoms with E-state index in [4.69, 9.17) is 0 Å². The highest BCUT2D eigenvalue weighted by Gasteiger charge is 2.35. The smallest absolute Gasteiger partial charge is 0.246 e. The minimum Gasteiger partial charge on any atom is -0.368 e. The Bertz CT molecular complexity index is 987. The molecule has 1 amide bonds. The molecule has 1 fully saturated rings. The van der Waals surface area contributed by atoms with Crippen LogP contribution >= 0.6 is 0 Å². The van der Waals surface area contributed by atoms with E-state index in [-0.39, 0.29) is 11.7 Å². The first-order chi connectivity index (χ1) is 14.2. The second-order valence-electron chi connectivity index (χ2n) is 7.61. The maximum atomic E-state index is 13.3. The molecule has 1 heterocycles. The molecule has 162 valence electrons. The lowest BCUT2D eigenvalue weighted by Gasteiger charge is -2.39. The number of hydrogen-bond donors (Lipinski definition) is 0. The quantitative estimate of drug-likeness (QED) is 0.703. The standard InChI is InChI=1S/C22H28FN3O3S/c1-4-21(26(30(3,28)29)20-7-5-6-17(2)16-20)22(27)25-14-12-24(13-15-25)19-10-8-18(23)9-11-19/h5-11,16,21H,4,12-15H2,1-3H3/t21-/m1/s1. The topological polar surface area (TPSA) is 60.9 Å². The molecule has 0 N–H and O–H groups in total. The van der Waals surface area contributed by atoms with Gasteiger partial charge in [-0.2, -0.15) is 0 Å².